The molecule has 104 valence electrons. The van der Waals surface area contributed by atoms with E-state index < -0.39 is 0 Å². The molecule has 1 saturated carbocycles. The van der Waals surface area contributed by atoms with E-state index in [1.807, 2.05) is 24.3 Å². The number of hydrogen-bond donors (Lipinski definition) is 2. The first kappa shape index (κ1) is 14.4. The van der Waals surface area contributed by atoms with Gasteiger partial charge in [-0.3, -0.25) is 4.79 Å². The van der Waals surface area contributed by atoms with E-state index in [2.05, 4.69) is 5.32 Å². The van der Waals surface area contributed by atoms with Crippen LogP contribution in [0.15, 0.2) is 29.2 Å². The maximum absolute atomic E-state index is 11.8. The summed E-state index contributed by atoms with van der Waals surface area (Å²) in [6.45, 7) is 0.0626. The van der Waals surface area contributed by atoms with Gasteiger partial charge >= 0.3 is 0 Å². The Morgan fingerprint density at radius 1 is 1.21 bits per heavy atom. The number of hydrogen-bond acceptors (Lipinski definition) is 3. The largest absolute Gasteiger partial charge is 0.392 e. The van der Waals surface area contributed by atoms with Crippen LogP contribution in [0.4, 0.5) is 0 Å². The third kappa shape index (κ3) is 4.88. The number of nitrogens with one attached hydrogen (secondary N) is 1. The molecule has 1 aromatic carbocycles. The standard InChI is InChI=1S/C15H21NO2S/c17-10-12-6-8-14(9-7-12)19-11-15(18)16-13-4-2-1-3-5-13/h6-9,13,17H,1-5,10-11H2,(H,16,18). The Labute approximate surface area is 118 Å². The van der Waals surface area contributed by atoms with Crippen LogP contribution in [0.2, 0.25) is 0 Å². The van der Waals surface area contributed by atoms with Crippen molar-refractivity contribution in [1.29, 1.82) is 0 Å². The Kier molecular flexibility index (Phi) is 5.73. The van der Waals surface area contributed by atoms with E-state index in [1.165, 1.54) is 19.3 Å². The van der Waals surface area contributed by atoms with Gasteiger partial charge in [-0.25, -0.2) is 0 Å². The second-order valence-electron chi connectivity index (χ2n) is 4.99. The summed E-state index contributed by atoms with van der Waals surface area (Å²) in [7, 11) is 0. The van der Waals surface area contributed by atoms with Crippen LogP contribution < -0.4 is 5.32 Å². The van der Waals surface area contributed by atoms with E-state index in [0.717, 1.165) is 23.3 Å². The summed E-state index contributed by atoms with van der Waals surface area (Å²) >= 11 is 1.54. The number of benzene rings is 1. The monoisotopic (exact) mass is 279 g/mol. The smallest absolute Gasteiger partial charge is 0.230 e. The maximum atomic E-state index is 11.8. The van der Waals surface area contributed by atoms with Gasteiger partial charge in [-0.2, -0.15) is 0 Å². The molecule has 1 aromatic rings. The number of carbonyl (C=O) groups is 1. The molecule has 19 heavy (non-hydrogen) atoms. The molecule has 3 nitrogen and oxygen atoms in total. The molecule has 2 N–H and O–H groups in total. The summed E-state index contributed by atoms with van der Waals surface area (Å²) in [5.41, 5.74) is 0.899. The molecule has 0 spiro atoms. The zero-order valence-electron chi connectivity index (χ0n) is 11.1. The average molecular weight is 279 g/mol. The summed E-state index contributed by atoms with van der Waals surface area (Å²) in [6.07, 6.45) is 6.03. The van der Waals surface area contributed by atoms with E-state index in [4.69, 9.17) is 5.11 Å². The van der Waals surface area contributed by atoms with Gasteiger partial charge < -0.3 is 10.4 Å². The van der Waals surface area contributed by atoms with Crippen LogP contribution in [-0.2, 0) is 11.4 Å². The maximum Gasteiger partial charge on any atom is 0.230 e. The van der Waals surface area contributed by atoms with Crippen LogP contribution in [0.3, 0.4) is 0 Å². The molecular formula is C15H21NO2S. The molecule has 0 radical (unpaired) electrons. The van der Waals surface area contributed by atoms with Crippen LogP contribution in [0.5, 0.6) is 0 Å². The summed E-state index contributed by atoms with van der Waals surface area (Å²) in [5, 5.41) is 12.1. The third-order valence-electron chi connectivity index (χ3n) is 3.45. The van der Waals surface area contributed by atoms with Gasteiger partial charge in [0.1, 0.15) is 0 Å². The first-order valence-corrected chi connectivity index (χ1v) is 7.88. The lowest BCUT2D eigenvalue weighted by molar-refractivity contribution is -0.119. The van der Waals surface area contributed by atoms with Crippen molar-refractivity contribution in [2.75, 3.05) is 5.75 Å². The summed E-state index contributed by atoms with van der Waals surface area (Å²) in [4.78, 5) is 12.9. The summed E-state index contributed by atoms with van der Waals surface area (Å²) < 4.78 is 0. The second kappa shape index (κ2) is 7.56. The fraction of sp³-hybridized carbons (Fsp3) is 0.533. The van der Waals surface area contributed by atoms with E-state index >= 15 is 0 Å². The minimum atomic E-state index is 0.0626. The third-order valence-corrected chi connectivity index (χ3v) is 4.46. The van der Waals surface area contributed by atoms with Crippen molar-refractivity contribution in [1.82, 2.24) is 5.32 Å². The van der Waals surface area contributed by atoms with Crippen LogP contribution in [0.1, 0.15) is 37.7 Å². The minimum absolute atomic E-state index is 0.0626. The predicted octanol–water partition coefficient (Wildman–Crippen LogP) is 2.72. The molecule has 1 amide bonds. The van der Waals surface area contributed by atoms with E-state index in [1.54, 1.807) is 11.8 Å². The van der Waals surface area contributed by atoms with Gasteiger partial charge in [0.05, 0.1) is 12.4 Å². The van der Waals surface area contributed by atoms with Crippen molar-refractivity contribution in [2.24, 2.45) is 0 Å². The molecule has 0 unspecified atom stereocenters. The molecule has 4 heteroatoms. The zero-order chi connectivity index (χ0) is 13.5. The highest BCUT2D eigenvalue weighted by Crippen LogP contribution is 2.20. The number of rotatable bonds is 5. The molecule has 1 fully saturated rings. The SMILES string of the molecule is O=C(CSc1ccc(CO)cc1)NC1CCCCC1. The van der Waals surface area contributed by atoms with Crippen molar-refractivity contribution in [3.8, 4) is 0 Å². The van der Waals surface area contributed by atoms with E-state index in [0.29, 0.717) is 11.8 Å². The average Bonchev–Trinajstić information content (AvgIpc) is 2.47. The lowest BCUT2D eigenvalue weighted by Gasteiger charge is -2.22. The van der Waals surface area contributed by atoms with Gasteiger partial charge in [0.2, 0.25) is 5.91 Å². The van der Waals surface area contributed by atoms with Crippen LogP contribution in [-0.4, -0.2) is 22.8 Å². The number of carbonyl (C=O) groups excluding carboxylic acids is 1. The Balaban J connectivity index is 1.72. The molecule has 0 saturated heterocycles. The lowest BCUT2D eigenvalue weighted by atomic mass is 9.95. The highest BCUT2D eigenvalue weighted by atomic mass is 32.2. The molecular weight excluding hydrogens is 258 g/mol. The molecule has 0 bridgehead atoms. The fourth-order valence-electron chi connectivity index (χ4n) is 2.36. The van der Waals surface area contributed by atoms with Crippen molar-refractivity contribution in [2.45, 2.75) is 49.6 Å². The van der Waals surface area contributed by atoms with Gasteiger partial charge in [0, 0.05) is 10.9 Å². The molecule has 0 aromatic heterocycles. The van der Waals surface area contributed by atoms with Crippen LogP contribution in [0, 0.1) is 0 Å². The Bertz CT molecular complexity index is 399. The Morgan fingerprint density at radius 3 is 2.53 bits per heavy atom. The Morgan fingerprint density at radius 2 is 1.89 bits per heavy atom. The molecule has 1 aliphatic rings. The van der Waals surface area contributed by atoms with Crippen molar-refractivity contribution in [3.63, 3.8) is 0 Å². The van der Waals surface area contributed by atoms with Gasteiger partial charge in [0.15, 0.2) is 0 Å². The highest BCUT2D eigenvalue weighted by Gasteiger charge is 2.15. The van der Waals surface area contributed by atoms with Crippen molar-refractivity contribution >= 4 is 17.7 Å². The number of aliphatic hydroxyl groups excluding tert-OH is 1. The second-order valence-corrected chi connectivity index (χ2v) is 6.04. The van der Waals surface area contributed by atoms with Gasteiger partial charge in [-0.15, -0.1) is 11.8 Å². The molecule has 1 aliphatic carbocycles. The predicted molar refractivity (Wildman–Crippen MR) is 78.1 cm³/mol. The first-order chi connectivity index (χ1) is 9.28. The van der Waals surface area contributed by atoms with Gasteiger partial charge in [0.25, 0.3) is 0 Å². The number of amides is 1. The molecule has 0 aliphatic heterocycles. The lowest BCUT2D eigenvalue weighted by Crippen LogP contribution is -2.37. The molecule has 0 heterocycles. The van der Waals surface area contributed by atoms with Gasteiger partial charge in [-0.05, 0) is 30.5 Å². The quantitative estimate of drug-likeness (QED) is 0.815. The number of aliphatic hydroxyl groups is 1. The topological polar surface area (TPSA) is 49.3 Å². The van der Waals surface area contributed by atoms with Crippen molar-refractivity contribution in [3.05, 3.63) is 29.8 Å². The van der Waals surface area contributed by atoms with Crippen LogP contribution in [0.25, 0.3) is 0 Å². The first-order valence-electron chi connectivity index (χ1n) is 6.90. The Hall–Kier alpha value is -1.00. The van der Waals surface area contributed by atoms with Gasteiger partial charge in [-0.1, -0.05) is 31.4 Å². The summed E-state index contributed by atoms with van der Waals surface area (Å²) in [6, 6.07) is 8.07. The highest BCUT2D eigenvalue weighted by molar-refractivity contribution is 8.00. The zero-order valence-corrected chi connectivity index (χ0v) is 11.9. The molecule has 0 atom stereocenters. The van der Waals surface area contributed by atoms with Crippen molar-refractivity contribution < 1.29 is 9.90 Å². The summed E-state index contributed by atoms with van der Waals surface area (Å²) in [5.74, 6) is 0.595. The van der Waals surface area contributed by atoms with E-state index in [-0.39, 0.29) is 12.5 Å². The fourth-order valence-corrected chi connectivity index (χ4v) is 3.07. The number of thioether (sulfide) groups is 1. The van der Waals surface area contributed by atoms with Crippen LogP contribution >= 0.6 is 11.8 Å². The van der Waals surface area contributed by atoms with E-state index in [9.17, 15) is 4.79 Å². The normalized spacial score (nSPS) is 16.3. The minimum Gasteiger partial charge on any atom is -0.392 e. The molecule has 2 rings (SSSR count).